The number of hydrogen-bond donors (Lipinski definition) is 1. The van der Waals surface area contributed by atoms with Gasteiger partial charge in [0.05, 0.1) is 0 Å². The molecule has 1 fully saturated rings. The SMILES string of the molecule is O=C1CCC(N2CCCCc3ccc(Br)cc32)C(=O)N1. The molecule has 2 amide bonds. The summed E-state index contributed by atoms with van der Waals surface area (Å²) in [6, 6.07) is 6.04. The molecule has 0 spiro atoms. The number of aryl methyl sites for hydroxylation is 1. The lowest BCUT2D eigenvalue weighted by Gasteiger charge is -2.34. The third-order valence-electron chi connectivity index (χ3n) is 4.04. The van der Waals surface area contributed by atoms with E-state index in [1.54, 1.807) is 0 Å². The summed E-state index contributed by atoms with van der Waals surface area (Å²) in [5.41, 5.74) is 2.42. The molecule has 1 unspecified atom stereocenters. The van der Waals surface area contributed by atoms with Gasteiger partial charge in [0.15, 0.2) is 0 Å². The normalized spacial score (nSPS) is 23.1. The Morgan fingerprint density at radius 3 is 2.85 bits per heavy atom. The summed E-state index contributed by atoms with van der Waals surface area (Å²) < 4.78 is 1.02. The molecule has 4 nitrogen and oxygen atoms in total. The van der Waals surface area contributed by atoms with E-state index in [4.69, 9.17) is 0 Å². The van der Waals surface area contributed by atoms with Crippen molar-refractivity contribution >= 4 is 33.4 Å². The number of nitrogens with one attached hydrogen (secondary N) is 1. The second-order valence-corrected chi connectivity index (χ2v) is 6.31. The Kier molecular flexibility index (Phi) is 3.78. The van der Waals surface area contributed by atoms with E-state index in [0.717, 1.165) is 36.0 Å². The minimum Gasteiger partial charge on any atom is -0.359 e. The largest absolute Gasteiger partial charge is 0.359 e. The van der Waals surface area contributed by atoms with E-state index in [1.165, 1.54) is 5.56 Å². The van der Waals surface area contributed by atoms with Crippen LogP contribution in [0.15, 0.2) is 22.7 Å². The molecule has 20 heavy (non-hydrogen) atoms. The monoisotopic (exact) mass is 336 g/mol. The van der Waals surface area contributed by atoms with Crippen molar-refractivity contribution in [1.29, 1.82) is 0 Å². The molecular formula is C15H17BrN2O2. The van der Waals surface area contributed by atoms with E-state index in [-0.39, 0.29) is 17.9 Å². The van der Waals surface area contributed by atoms with E-state index in [9.17, 15) is 9.59 Å². The number of imide groups is 1. The van der Waals surface area contributed by atoms with Crippen LogP contribution in [0, 0.1) is 0 Å². The summed E-state index contributed by atoms with van der Waals surface area (Å²) in [7, 11) is 0. The molecule has 2 aliphatic rings. The van der Waals surface area contributed by atoms with Crippen molar-refractivity contribution in [3.8, 4) is 0 Å². The van der Waals surface area contributed by atoms with Gasteiger partial charge in [-0.15, -0.1) is 0 Å². The Hall–Kier alpha value is -1.36. The quantitative estimate of drug-likeness (QED) is 0.801. The number of amides is 2. The fraction of sp³-hybridized carbons (Fsp3) is 0.467. The van der Waals surface area contributed by atoms with E-state index in [0.29, 0.717) is 12.8 Å². The summed E-state index contributed by atoms with van der Waals surface area (Å²) in [6.45, 7) is 0.871. The zero-order valence-corrected chi connectivity index (χ0v) is 12.8. The fourth-order valence-corrected chi connectivity index (χ4v) is 3.39. The van der Waals surface area contributed by atoms with Crippen molar-refractivity contribution in [2.24, 2.45) is 0 Å². The van der Waals surface area contributed by atoms with Gasteiger partial charge in [0.25, 0.3) is 0 Å². The highest BCUT2D eigenvalue weighted by atomic mass is 79.9. The minimum atomic E-state index is -0.223. The van der Waals surface area contributed by atoms with Gasteiger partial charge in [0, 0.05) is 23.1 Å². The van der Waals surface area contributed by atoms with Gasteiger partial charge < -0.3 is 4.90 Å². The van der Waals surface area contributed by atoms with Crippen LogP contribution in [0.4, 0.5) is 5.69 Å². The van der Waals surface area contributed by atoms with Crippen LogP contribution >= 0.6 is 15.9 Å². The molecule has 1 aromatic carbocycles. The van der Waals surface area contributed by atoms with Crippen LogP contribution in [0.25, 0.3) is 0 Å². The Labute approximate surface area is 126 Å². The average molecular weight is 337 g/mol. The first-order chi connectivity index (χ1) is 9.65. The number of benzene rings is 1. The number of nitrogens with zero attached hydrogens (tertiary/aromatic N) is 1. The fourth-order valence-electron chi connectivity index (χ4n) is 3.04. The zero-order chi connectivity index (χ0) is 14.1. The number of carbonyl (C=O) groups is 2. The highest BCUT2D eigenvalue weighted by molar-refractivity contribution is 9.10. The number of fused-ring (bicyclic) bond motifs is 1. The minimum absolute atomic E-state index is 0.157. The van der Waals surface area contributed by atoms with Crippen LogP contribution in [0.2, 0.25) is 0 Å². The Morgan fingerprint density at radius 1 is 1.20 bits per heavy atom. The van der Waals surface area contributed by atoms with E-state index >= 15 is 0 Å². The van der Waals surface area contributed by atoms with Crippen molar-refractivity contribution in [2.75, 3.05) is 11.4 Å². The lowest BCUT2D eigenvalue weighted by Crippen LogP contribution is -2.53. The summed E-state index contributed by atoms with van der Waals surface area (Å²) >= 11 is 3.51. The molecule has 2 aliphatic heterocycles. The molecule has 1 atom stereocenters. The van der Waals surface area contributed by atoms with Crippen molar-refractivity contribution in [1.82, 2.24) is 5.32 Å². The summed E-state index contributed by atoms with van der Waals surface area (Å²) in [6.07, 6.45) is 4.29. The van der Waals surface area contributed by atoms with Gasteiger partial charge in [-0.1, -0.05) is 22.0 Å². The maximum absolute atomic E-state index is 12.1. The summed E-state index contributed by atoms with van der Waals surface area (Å²) in [4.78, 5) is 25.6. The molecule has 5 heteroatoms. The Balaban J connectivity index is 1.95. The molecule has 2 heterocycles. The Bertz CT molecular complexity index is 559. The molecular weight excluding hydrogens is 320 g/mol. The highest BCUT2D eigenvalue weighted by Crippen LogP contribution is 2.32. The first-order valence-corrected chi connectivity index (χ1v) is 7.83. The second kappa shape index (κ2) is 5.56. The maximum Gasteiger partial charge on any atom is 0.249 e. The third-order valence-corrected chi connectivity index (χ3v) is 4.53. The molecule has 0 bridgehead atoms. The van der Waals surface area contributed by atoms with Crippen molar-refractivity contribution in [3.63, 3.8) is 0 Å². The number of carbonyl (C=O) groups excluding carboxylic acids is 2. The molecule has 1 aromatic rings. The number of halogens is 1. The van der Waals surface area contributed by atoms with E-state index < -0.39 is 0 Å². The molecule has 0 aliphatic carbocycles. The molecule has 106 valence electrons. The number of rotatable bonds is 1. The van der Waals surface area contributed by atoms with Gasteiger partial charge in [-0.05, 0) is 43.4 Å². The van der Waals surface area contributed by atoms with E-state index in [2.05, 4.69) is 38.3 Å². The van der Waals surface area contributed by atoms with Gasteiger partial charge in [0.2, 0.25) is 11.8 Å². The number of hydrogen-bond acceptors (Lipinski definition) is 3. The Morgan fingerprint density at radius 2 is 2.05 bits per heavy atom. The molecule has 1 saturated heterocycles. The van der Waals surface area contributed by atoms with Gasteiger partial charge in [-0.25, -0.2) is 0 Å². The molecule has 0 aromatic heterocycles. The smallest absolute Gasteiger partial charge is 0.249 e. The van der Waals surface area contributed by atoms with Gasteiger partial charge in [0.1, 0.15) is 6.04 Å². The predicted molar refractivity (Wildman–Crippen MR) is 80.6 cm³/mol. The number of piperidine rings is 1. The zero-order valence-electron chi connectivity index (χ0n) is 11.2. The number of anilines is 1. The highest BCUT2D eigenvalue weighted by Gasteiger charge is 2.33. The molecule has 1 N–H and O–H groups in total. The first-order valence-electron chi connectivity index (χ1n) is 7.04. The molecule has 0 saturated carbocycles. The second-order valence-electron chi connectivity index (χ2n) is 5.39. The van der Waals surface area contributed by atoms with Gasteiger partial charge in [-0.3, -0.25) is 14.9 Å². The summed E-state index contributed by atoms with van der Waals surface area (Å²) in [5, 5.41) is 2.46. The van der Waals surface area contributed by atoms with Crippen LogP contribution in [-0.2, 0) is 16.0 Å². The van der Waals surface area contributed by atoms with Crippen LogP contribution in [0.1, 0.15) is 31.2 Å². The topological polar surface area (TPSA) is 49.4 Å². The van der Waals surface area contributed by atoms with Crippen molar-refractivity contribution < 1.29 is 9.59 Å². The standard InChI is InChI=1S/C15H17BrN2O2/c16-11-5-4-10-3-1-2-8-18(13(10)9-11)12-6-7-14(19)17-15(12)20/h4-5,9,12H,1-3,6-8H2,(H,17,19,20). The molecule has 3 rings (SSSR count). The van der Waals surface area contributed by atoms with Crippen LogP contribution in [-0.4, -0.2) is 24.4 Å². The van der Waals surface area contributed by atoms with Gasteiger partial charge in [-0.2, -0.15) is 0 Å². The van der Waals surface area contributed by atoms with Crippen LogP contribution in [0.3, 0.4) is 0 Å². The van der Waals surface area contributed by atoms with Crippen molar-refractivity contribution in [2.45, 2.75) is 38.1 Å². The lowest BCUT2D eigenvalue weighted by molar-refractivity contribution is -0.134. The molecule has 0 radical (unpaired) electrons. The van der Waals surface area contributed by atoms with Crippen molar-refractivity contribution in [3.05, 3.63) is 28.2 Å². The maximum atomic E-state index is 12.1. The van der Waals surface area contributed by atoms with Crippen LogP contribution in [0.5, 0.6) is 0 Å². The first kappa shape index (κ1) is 13.6. The summed E-state index contributed by atoms with van der Waals surface area (Å²) in [5.74, 6) is -0.315. The van der Waals surface area contributed by atoms with E-state index in [1.807, 2.05) is 6.07 Å². The van der Waals surface area contributed by atoms with Crippen LogP contribution < -0.4 is 10.2 Å². The predicted octanol–water partition coefficient (Wildman–Crippen LogP) is 2.40. The third kappa shape index (κ3) is 2.59. The average Bonchev–Trinajstić information content (AvgIpc) is 2.61. The lowest BCUT2D eigenvalue weighted by atomic mass is 10.0. The van der Waals surface area contributed by atoms with Gasteiger partial charge >= 0.3 is 0 Å².